The van der Waals surface area contributed by atoms with Crippen LogP contribution in [0.2, 0.25) is 0 Å². The molecule has 5 aromatic rings. The normalized spacial score (nSPS) is 11.1. The number of carboxylic acids is 1. The lowest BCUT2D eigenvalue weighted by molar-refractivity contribution is 0.0696. The maximum atomic E-state index is 13.2. The number of hydrazone groups is 1. The standard InChI is InChI=1S/C31H21BrIN3O4/c32-25-14-20(15-26(33)29(25)40-18-19-10-12-22(13-11-19)31(38)39)17-34-36-30(37)24-16-28(21-6-2-1-3-7-21)35-27-9-5-4-8-23(24)27/h1-17H,18H2,(H,36,37)(H,38,39)/b34-17+. The third-order valence-corrected chi connectivity index (χ3v) is 7.41. The molecular formula is C31H21BrIN3O4. The number of para-hydroxylation sites is 1. The van der Waals surface area contributed by atoms with Crippen LogP contribution < -0.4 is 10.2 Å². The van der Waals surface area contributed by atoms with E-state index in [2.05, 4.69) is 49.0 Å². The van der Waals surface area contributed by atoms with Crippen molar-refractivity contribution in [3.63, 3.8) is 0 Å². The van der Waals surface area contributed by atoms with Crippen molar-refractivity contribution >= 4 is 67.5 Å². The summed E-state index contributed by atoms with van der Waals surface area (Å²) in [5.41, 5.74) is 7.32. The van der Waals surface area contributed by atoms with Gasteiger partial charge in [0.1, 0.15) is 12.4 Å². The molecule has 4 aromatic carbocycles. The Morgan fingerprint density at radius 3 is 2.42 bits per heavy atom. The van der Waals surface area contributed by atoms with E-state index in [1.54, 1.807) is 36.5 Å². The lowest BCUT2D eigenvalue weighted by atomic mass is 10.0. The Kier molecular flexibility index (Phi) is 8.51. The minimum Gasteiger partial charge on any atom is -0.487 e. The van der Waals surface area contributed by atoms with E-state index in [0.29, 0.717) is 17.0 Å². The van der Waals surface area contributed by atoms with Crippen LogP contribution in [0.1, 0.15) is 31.8 Å². The number of benzene rings is 4. The second-order valence-corrected chi connectivity index (χ2v) is 10.8. The first-order chi connectivity index (χ1) is 19.4. The Morgan fingerprint density at radius 1 is 0.975 bits per heavy atom. The van der Waals surface area contributed by atoms with Crippen LogP contribution in [0.4, 0.5) is 0 Å². The first-order valence-corrected chi connectivity index (χ1v) is 14.0. The number of pyridine rings is 1. The number of hydrogen-bond acceptors (Lipinski definition) is 5. The van der Waals surface area contributed by atoms with Crippen LogP contribution in [0.15, 0.2) is 107 Å². The predicted octanol–water partition coefficient (Wildman–Crippen LogP) is 7.31. The van der Waals surface area contributed by atoms with Crippen LogP contribution in [-0.4, -0.2) is 28.2 Å². The molecule has 1 aromatic heterocycles. The summed E-state index contributed by atoms with van der Waals surface area (Å²) in [6, 6.07) is 29.3. The number of carbonyl (C=O) groups excluding carboxylic acids is 1. The molecule has 0 unspecified atom stereocenters. The van der Waals surface area contributed by atoms with Gasteiger partial charge >= 0.3 is 5.97 Å². The average Bonchev–Trinajstić information content (AvgIpc) is 2.96. The van der Waals surface area contributed by atoms with E-state index >= 15 is 0 Å². The Morgan fingerprint density at radius 2 is 1.70 bits per heavy atom. The maximum Gasteiger partial charge on any atom is 0.335 e. The van der Waals surface area contributed by atoms with Gasteiger partial charge in [0.15, 0.2) is 0 Å². The largest absolute Gasteiger partial charge is 0.487 e. The van der Waals surface area contributed by atoms with Crippen molar-refractivity contribution in [1.82, 2.24) is 10.4 Å². The molecule has 198 valence electrons. The van der Waals surface area contributed by atoms with E-state index in [-0.39, 0.29) is 18.1 Å². The minimum absolute atomic E-state index is 0.226. The van der Waals surface area contributed by atoms with Gasteiger partial charge in [-0.15, -0.1) is 0 Å². The number of nitrogens with one attached hydrogen (secondary N) is 1. The molecule has 2 N–H and O–H groups in total. The second-order valence-electron chi connectivity index (χ2n) is 8.74. The molecule has 0 fully saturated rings. The van der Waals surface area contributed by atoms with Crippen molar-refractivity contribution in [2.45, 2.75) is 6.61 Å². The molecule has 7 nitrogen and oxygen atoms in total. The van der Waals surface area contributed by atoms with Crippen molar-refractivity contribution in [3.05, 3.63) is 127 Å². The predicted molar refractivity (Wildman–Crippen MR) is 167 cm³/mol. The third-order valence-electron chi connectivity index (χ3n) is 6.01. The van der Waals surface area contributed by atoms with E-state index in [9.17, 15) is 9.59 Å². The van der Waals surface area contributed by atoms with Gasteiger partial charge in [-0.25, -0.2) is 15.2 Å². The summed E-state index contributed by atoms with van der Waals surface area (Å²) in [6.45, 7) is 0.281. The summed E-state index contributed by atoms with van der Waals surface area (Å²) in [5.74, 6) is -0.653. The molecule has 9 heteroatoms. The molecular weight excluding hydrogens is 685 g/mol. The lowest BCUT2D eigenvalue weighted by Crippen LogP contribution is -2.18. The minimum atomic E-state index is -0.968. The highest BCUT2D eigenvalue weighted by Gasteiger charge is 2.14. The van der Waals surface area contributed by atoms with Crippen LogP contribution in [0.5, 0.6) is 5.75 Å². The molecule has 0 spiro atoms. The van der Waals surface area contributed by atoms with Gasteiger partial charge in [-0.2, -0.15) is 5.10 Å². The van der Waals surface area contributed by atoms with Crippen molar-refractivity contribution in [3.8, 4) is 17.0 Å². The number of carboxylic acid groups (broad SMARTS) is 1. The van der Waals surface area contributed by atoms with Gasteiger partial charge in [-0.05, 0) is 86.0 Å². The van der Waals surface area contributed by atoms with Crippen LogP contribution in [-0.2, 0) is 6.61 Å². The number of carbonyl (C=O) groups is 2. The van der Waals surface area contributed by atoms with Crippen LogP contribution in [0.3, 0.4) is 0 Å². The quantitative estimate of drug-likeness (QED) is 0.100. The highest BCUT2D eigenvalue weighted by molar-refractivity contribution is 14.1. The third kappa shape index (κ3) is 6.37. The van der Waals surface area contributed by atoms with E-state index in [0.717, 1.165) is 35.6 Å². The van der Waals surface area contributed by atoms with Crippen molar-refractivity contribution in [2.75, 3.05) is 0 Å². The molecule has 0 saturated carbocycles. The molecule has 5 rings (SSSR count). The van der Waals surface area contributed by atoms with Crippen LogP contribution >= 0.6 is 38.5 Å². The highest BCUT2D eigenvalue weighted by atomic mass is 127. The second kappa shape index (κ2) is 12.4. The first-order valence-electron chi connectivity index (χ1n) is 12.1. The molecule has 0 aliphatic rings. The van der Waals surface area contributed by atoms with E-state index in [4.69, 9.17) is 14.8 Å². The monoisotopic (exact) mass is 705 g/mol. The summed E-state index contributed by atoms with van der Waals surface area (Å²) in [5, 5.41) is 14.0. The number of rotatable bonds is 8. The molecule has 0 saturated heterocycles. The van der Waals surface area contributed by atoms with Gasteiger partial charge in [0.2, 0.25) is 0 Å². The SMILES string of the molecule is O=C(O)c1ccc(COc2c(Br)cc(/C=N/NC(=O)c3cc(-c4ccccc4)nc4ccccc34)cc2I)cc1. The summed E-state index contributed by atoms with van der Waals surface area (Å²) in [6.07, 6.45) is 1.57. The number of aromatic carboxylic acids is 1. The van der Waals surface area contributed by atoms with E-state index in [1.165, 1.54) is 0 Å². The lowest BCUT2D eigenvalue weighted by Gasteiger charge is -2.12. The summed E-state index contributed by atoms with van der Waals surface area (Å²) < 4.78 is 7.54. The molecule has 1 amide bonds. The van der Waals surface area contributed by atoms with Gasteiger partial charge in [0.25, 0.3) is 5.91 Å². The fourth-order valence-electron chi connectivity index (χ4n) is 4.04. The zero-order chi connectivity index (χ0) is 28.1. The number of amides is 1. The number of nitrogens with zero attached hydrogens (tertiary/aromatic N) is 2. The number of hydrogen-bond donors (Lipinski definition) is 2. The average molecular weight is 706 g/mol. The van der Waals surface area contributed by atoms with Gasteiger partial charge < -0.3 is 9.84 Å². The Labute approximate surface area is 252 Å². The van der Waals surface area contributed by atoms with Gasteiger partial charge in [0, 0.05) is 10.9 Å². The zero-order valence-corrected chi connectivity index (χ0v) is 24.6. The van der Waals surface area contributed by atoms with Gasteiger partial charge in [-0.3, -0.25) is 4.79 Å². The van der Waals surface area contributed by atoms with Crippen LogP contribution in [0, 0.1) is 3.57 Å². The fourth-order valence-corrected chi connectivity index (χ4v) is 5.81. The molecule has 0 radical (unpaired) electrons. The summed E-state index contributed by atoms with van der Waals surface area (Å²) in [7, 11) is 0. The number of fused-ring (bicyclic) bond motifs is 1. The molecule has 0 aliphatic carbocycles. The maximum absolute atomic E-state index is 13.2. The van der Waals surface area contributed by atoms with Crippen LogP contribution in [0.25, 0.3) is 22.2 Å². The number of halogens is 2. The van der Waals surface area contributed by atoms with Crippen molar-refractivity contribution in [1.29, 1.82) is 0 Å². The Balaban J connectivity index is 1.30. The van der Waals surface area contributed by atoms with E-state index in [1.807, 2.05) is 66.7 Å². The highest BCUT2D eigenvalue weighted by Crippen LogP contribution is 2.32. The molecule has 0 bridgehead atoms. The smallest absolute Gasteiger partial charge is 0.335 e. The fraction of sp³-hybridized carbons (Fsp3) is 0.0323. The van der Waals surface area contributed by atoms with Crippen molar-refractivity contribution < 1.29 is 19.4 Å². The number of ether oxygens (including phenoxy) is 1. The first kappa shape index (κ1) is 27.5. The van der Waals surface area contributed by atoms with Gasteiger partial charge in [0.05, 0.1) is 36.6 Å². The van der Waals surface area contributed by atoms with Crippen molar-refractivity contribution in [2.24, 2.45) is 5.10 Å². The zero-order valence-electron chi connectivity index (χ0n) is 20.8. The molecule has 0 aliphatic heterocycles. The Bertz CT molecular complexity index is 1720. The molecule has 40 heavy (non-hydrogen) atoms. The van der Waals surface area contributed by atoms with E-state index < -0.39 is 5.97 Å². The van der Waals surface area contributed by atoms with Gasteiger partial charge in [-0.1, -0.05) is 60.7 Å². The summed E-state index contributed by atoms with van der Waals surface area (Å²) >= 11 is 5.73. The summed E-state index contributed by atoms with van der Waals surface area (Å²) in [4.78, 5) is 29.0. The molecule has 0 atom stereocenters. The number of aromatic nitrogens is 1. The molecule has 1 heterocycles. The Hall–Kier alpha value is -4.09. The topological polar surface area (TPSA) is 101 Å².